The minimum absolute atomic E-state index is 0.604. The lowest BCUT2D eigenvalue weighted by Crippen LogP contribution is -2.48. The molecular formula is C17H23N3. The van der Waals surface area contributed by atoms with Crippen molar-refractivity contribution in [1.29, 1.82) is 0 Å². The Morgan fingerprint density at radius 1 is 1.25 bits per heavy atom. The third-order valence-electron chi connectivity index (χ3n) is 4.19. The molecule has 1 aliphatic rings. The maximum Gasteiger partial charge on any atom is 0.0702 e. The van der Waals surface area contributed by atoms with Gasteiger partial charge in [0, 0.05) is 43.8 Å². The van der Waals surface area contributed by atoms with Crippen LogP contribution in [0.3, 0.4) is 0 Å². The first-order chi connectivity index (χ1) is 9.72. The first kappa shape index (κ1) is 13.5. The summed E-state index contributed by atoms with van der Waals surface area (Å²) in [4.78, 5) is 7.05. The zero-order chi connectivity index (χ0) is 13.9. The first-order valence-electron chi connectivity index (χ1n) is 7.52. The van der Waals surface area contributed by atoms with Gasteiger partial charge in [0.25, 0.3) is 0 Å². The summed E-state index contributed by atoms with van der Waals surface area (Å²) in [7, 11) is 0. The summed E-state index contributed by atoms with van der Waals surface area (Å²) in [6.07, 6.45) is 3.05. The number of fused-ring (bicyclic) bond motifs is 1. The highest BCUT2D eigenvalue weighted by Gasteiger charge is 2.16. The van der Waals surface area contributed by atoms with Crippen molar-refractivity contribution in [3.8, 4) is 0 Å². The highest BCUT2D eigenvalue weighted by Crippen LogP contribution is 2.17. The van der Waals surface area contributed by atoms with E-state index in [0.717, 1.165) is 38.1 Å². The van der Waals surface area contributed by atoms with E-state index in [1.54, 1.807) is 0 Å². The quantitative estimate of drug-likeness (QED) is 0.927. The molecule has 0 bridgehead atoms. The van der Waals surface area contributed by atoms with Crippen LogP contribution in [0.25, 0.3) is 10.9 Å². The number of piperazine rings is 1. The molecule has 106 valence electrons. The molecule has 0 amide bonds. The number of nitrogens with one attached hydrogen (secondary N) is 1. The van der Waals surface area contributed by atoms with Crippen molar-refractivity contribution >= 4 is 10.9 Å². The monoisotopic (exact) mass is 269 g/mol. The van der Waals surface area contributed by atoms with Crippen LogP contribution in [-0.2, 0) is 6.42 Å². The molecule has 1 aliphatic heterocycles. The summed E-state index contributed by atoms with van der Waals surface area (Å²) in [6, 6.07) is 9.50. The van der Waals surface area contributed by atoms with Gasteiger partial charge in [-0.05, 0) is 49.6 Å². The predicted octanol–water partition coefficient (Wildman–Crippen LogP) is 2.38. The number of pyridine rings is 1. The first-order valence-corrected chi connectivity index (χ1v) is 7.52. The Kier molecular flexibility index (Phi) is 3.99. The van der Waals surface area contributed by atoms with Crippen LogP contribution in [0.2, 0.25) is 0 Å². The zero-order valence-electron chi connectivity index (χ0n) is 12.4. The molecule has 1 aromatic carbocycles. The van der Waals surface area contributed by atoms with E-state index in [1.807, 2.05) is 6.20 Å². The molecule has 0 radical (unpaired) electrons. The van der Waals surface area contributed by atoms with E-state index in [4.69, 9.17) is 0 Å². The molecule has 1 unspecified atom stereocenters. The minimum Gasteiger partial charge on any atom is -0.314 e. The summed E-state index contributed by atoms with van der Waals surface area (Å²) in [5, 5.41) is 4.67. The van der Waals surface area contributed by atoms with E-state index >= 15 is 0 Å². The van der Waals surface area contributed by atoms with Crippen molar-refractivity contribution in [2.45, 2.75) is 26.3 Å². The molecule has 3 nitrogen and oxygen atoms in total. The van der Waals surface area contributed by atoms with E-state index in [2.05, 4.69) is 53.3 Å². The number of aryl methyl sites for hydroxylation is 1. The molecule has 1 N–H and O–H groups in total. The molecule has 0 spiro atoms. The largest absolute Gasteiger partial charge is 0.314 e. The zero-order valence-corrected chi connectivity index (χ0v) is 12.4. The standard InChI is InChI=1S/C17H23N3/c1-13-9-16-11-15(3-4-17(16)19-12-13)10-14(2)20-7-5-18-6-8-20/h3-4,9,11-12,14,18H,5-8,10H2,1-2H3. The normalized spacial score (nSPS) is 18.3. The molecule has 1 aromatic heterocycles. The average Bonchev–Trinajstić information content (AvgIpc) is 2.47. The van der Waals surface area contributed by atoms with Crippen molar-refractivity contribution < 1.29 is 0 Å². The van der Waals surface area contributed by atoms with Gasteiger partial charge in [-0.3, -0.25) is 9.88 Å². The SMILES string of the molecule is Cc1cnc2ccc(CC(C)N3CCNCC3)cc2c1. The molecule has 2 heterocycles. The van der Waals surface area contributed by atoms with Crippen LogP contribution in [0, 0.1) is 6.92 Å². The second-order valence-electron chi connectivity index (χ2n) is 5.88. The van der Waals surface area contributed by atoms with Gasteiger partial charge in [0.05, 0.1) is 5.52 Å². The van der Waals surface area contributed by atoms with Crippen LogP contribution < -0.4 is 5.32 Å². The topological polar surface area (TPSA) is 28.2 Å². The second-order valence-corrected chi connectivity index (χ2v) is 5.88. The molecule has 1 saturated heterocycles. The van der Waals surface area contributed by atoms with Crippen LogP contribution in [0.15, 0.2) is 30.5 Å². The Morgan fingerprint density at radius 2 is 2.05 bits per heavy atom. The van der Waals surface area contributed by atoms with Gasteiger partial charge in [0.1, 0.15) is 0 Å². The van der Waals surface area contributed by atoms with Gasteiger partial charge in [-0.25, -0.2) is 0 Å². The molecule has 0 aliphatic carbocycles. The smallest absolute Gasteiger partial charge is 0.0702 e. The Hall–Kier alpha value is -1.45. The Bertz CT molecular complexity index is 588. The molecular weight excluding hydrogens is 246 g/mol. The van der Waals surface area contributed by atoms with Gasteiger partial charge in [-0.15, -0.1) is 0 Å². The summed E-state index contributed by atoms with van der Waals surface area (Å²) < 4.78 is 0. The number of hydrogen-bond donors (Lipinski definition) is 1. The number of hydrogen-bond acceptors (Lipinski definition) is 3. The summed E-state index contributed by atoms with van der Waals surface area (Å²) >= 11 is 0. The Labute approximate surface area is 121 Å². The lowest BCUT2D eigenvalue weighted by Gasteiger charge is -2.32. The van der Waals surface area contributed by atoms with E-state index in [-0.39, 0.29) is 0 Å². The van der Waals surface area contributed by atoms with Gasteiger partial charge < -0.3 is 5.32 Å². The fourth-order valence-electron chi connectivity index (χ4n) is 3.01. The number of rotatable bonds is 3. The number of benzene rings is 1. The van der Waals surface area contributed by atoms with E-state index in [0.29, 0.717) is 6.04 Å². The van der Waals surface area contributed by atoms with Crippen molar-refractivity contribution in [3.63, 3.8) is 0 Å². The van der Waals surface area contributed by atoms with Crippen molar-refractivity contribution in [1.82, 2.24) is 15.2 Å². The predicted molar refractivity (Wildman–Crippen MR) is 84.1 cm³/mol. The summed E-state index contributed by atoms with van der Waals surface area (Å²) in [5.74, 6) is 0. The van der Waals surface area contributed by atoms with Gasteiger partial charge in [-0.1, -0.05) is 6.07 Å². The number of aromatic nitrogens is 1. The van der Waals surface area contributed by atoms with Crippen LogP contribution in [0.1, 0.15) is 18.1 Å². The molecule has 3 heteroatoms. The second kappa shape index (κ2) is 5.90. The fourth-order valence-corrected chi connectivity index (χ4v) is 3.01. The van der Waals surface area contributed by atoms with Gasteiger partial charge in [0.2, 0.25) is 0 Å². The van der Waals surface area contributed by atoms with Crippen molar-refractivity contribution in [2.24, 2.45) is 0 Å². The molecule has 20 heavy (non-hydrogen) atoms. The maximum absolute atomic E-state index is 4.47. The minimum atomic E-state index is 0.604. The fraction of sp³-hybridized carbons (Fsp3) is 0.471. The van der Waals surface area contributed by atoms with Gasteiger partial charge in [0.15, 0.2) is 0 Å². The lowest BCUT2D eigenvalue weighted by atomic mass is 10.0. The van der Waals surface area contributed by atoms with Crippen LogP contribution >= 0.6 is 0 Å². The van der Waals surface area contributed by atoms with Crippen molar-refractivity contribution in [3.05, 3.63) is 41.6 Å². The molecule has 1 atom stereocenters. The van der Waals surface area contributed by atoms with Gasteiger partial charge in [-0.2, -0.15) is 0 Å². The van der Waals surface area contributed by atoms with Gasteiger partial charge >= 0.3 is 0 Å². The van der Waals surface area contributed by atoms with Crippen LogP contribution in [0.5, 0.6) is 0 Å². The van der Waals surface area contributed by atoms with Crippen LogP contribution in [-0.4, -0.2) is 42.1 Å². The summed E-state index contributed by atoms with van der Waals surface area (Å²) in [6.45, 7) is 8.99. The Morgan fingerprint density at radius 3 is 2.85 bits per heavy atom. The highest BCUT2D eigenvalue weighted by molar-refractivity contribution is 5.79. The highest BCUT2D eigenvalue weighted by atomic mass is 15.2. The number of nitrogens with zero attached hydrogens (tertiary/aromatic N) is 2. The van der Waals surface area contributed by atoms with E-state index in [9.17, 15) is 0 Å². The van der Waals surface area contributed by atoms with E-state index < -0.39 is 0 Å². The average molecular weight is 269 g/mol. The molecule has 3 rings (SSSR count). The third-order valence-corrected chi connectivity index (χ3v) is 4.19. The molecule has 2 aromatic rings. The van der Waals surface area contributed by atoms with Crippen LogP contribution in [0.4, 0.5) is 0 Å². The van der Waals surface area contributed by atoms with E-state index in [1.165, 1.54) is 16.5 Å². The molecule has 1 fully saturated rings. The Balaban J connectivity index is 1.76. The third kappa shape index (κ3) is 3.00. The van der Waals surface area contributed by atoms with Crippen molar-refractivity contribution in [2.75, 3.05) is 26.2 Å². The summed E-state index contributed by atoms with van der Waals surface area (Å²) in [5.41, 5.74) is 3.73. The lowest BCUT2D eigenvalue weighted by molar-refractivity contribution is 0.183. The molecule has 0 saturated carbocycles. The maximum atomic E-state index is 4.47.